The molecule has 1 heterocycles. The van der Waals surface area contributed by atoms with Crippen LogP contribution < -0.4 is 14.8 Å². The normalized spacial score (nSPS) is 14.8. The molecule has 2 aromatic carbocycles. The molecule has 0 unspecified atom stereocenters. The molecular weight excluding hydrogens is 284 g/mol. The molecular formula is C14H9F2NO4. The van der Waals surface area contributed by atoms with E-state index in [1.807, 2.05) is 0 Å². The minimum absolute atomic E-state index is 0.0354. The smallest absolute Gasteiger partial charge is 0.478 e. The molecule has 0 aromatic heterocycles. The molecule has 1 aliphatic heterocycles. The molecule has 5 nitrogen and oxygen atoms in total. The number of rotatable bonds is 3. The van der Waals surface area contributed by atoms with Gasteiger partial charge in [0.2, 0.25) is 0 Å². The second-order valence-electron chi connectivity index (χ2n) is 4.34. The van der Waals surface area contributed by atoms with Crippen molar-refractivity contribution in [3.05, 3.63) is 48.0 Å². The van der Waals surface area contributed by atoms with Crippen LogP contribution in [0.25, 0.3) is 0 Å². The van der Waals surface area contributed by atoms with Crippen molar-refractivity contribution in [2.75, 3.05) is 5.32 Å². The highest BCUT2D eigenvalue weighted by atomic mass is 19.3. The molecule has 0 fully saturated rings. The lowest BCUT2D eigenvalue weighted by Crippen LogP contribution is -2.25. The van der Waals surface area contributed by atoms with Gasteiger partial charge >= 0.3 is 12.3 Å². The van der Waals surface area contributed by atoms with E-state index in [-0.39, 0.29) is 17.1 Å². The third-order valence-electron chi connectivity index (χ3n) is 2.82. The maximum atomic E-state index is 12.9. The highest BCUT2D eigenvalue weighted by Gasteiger charge is 2.43. The summed E-state index contributed by atoms with van der Waals surface area (Å²) in [7, 11) is 0. The van der Waals surface area contributed by atoms with Crippen LogP contribution in [-0.2, 0) is 0 Å². The zero-order valence-corrected chi connectivity index (χ0v) is 10.5. The van der Waals surface area contributed by atoms with Gasteiger partial charge in [0.15, 0.2) is 11.5 Å². The van der Waals surface area contributed by atoms with Gasteiger partial charge in [0, 0.05) is 17.4 Å². The number of carbonyl (C=O) groups is 1. The first-order valence-electron chi connectivity index (χ1n) is 5.93. The second-order valence-corrected chi connectivity index (χ2v) is 4.34. The average molecular weight is 293 g/mol. The zero-order valence-electron chi connectivity index (χ0n) is 10.5. The van der Waals surface area contributed by atoms with Gasteiger partial charge in [0.05, 0.1) is 5.56 Å². The second kappa shape index (κ2) is 4.62. The maximum Gasteiger partial charge on any atom is 0.586 e. The average Bonchev–Trinajstić information content (AvgIpc) is 2.72. The van der Waals surface area contributed by atoms with E-state index < -0.39 is 12.3 Å². The van der Waals surface area contributed by atoms with Crippen molar-refractivity contribution >= 4 is 17.3 Å². The Balaban J connectivity index is 1.79. The first-order valence-corrected chi connectivity index (χ1v) is 5.93. The van der Waals surface area contributed by atoms with Crippen LogP contribution >= 0.6 is 0 Å². The van der Waals surface area contributed by atoms with E-state index in [2.05, 4.69) is 14.8 Å². The Morgan fingerprint density at radius 1 is 1.00 bits per heavy atom. The van der Waals surface area contributed by atoms with Crippen LogP contribution in [0.2, 0.25) is 0 Å². The van der Waals surface area contributed by atoms with E-state index in [1.165, 1.54) is 24.3 Å². The van der Waals surface area contributed by atoms with E-state index >= 15 is 0 Å². The summed E-state index contributed by atoms with van der Waals surface area (Å²) in [6.07, 6.45) is -3.65. The number of benzene rings is 2. The van der Waals surface area contributed by atoms with Crippen molar-refractivity contribution in [3.63, 3.8) is 0 Å². The molecule has 1 aliphatic rings. The fourth-order valence-electron chi connectivity index (χ4n) is 1.89. The SMILES string of the molecule is O=C(O)c1ccc(Nc2ccc3c(c2)OC(F)(F)O3)cc1. The van der Waals surface area contributed by atoms with Gasteiger partial charge in [-0.1, -0.05) is 0 Å². The van der Waals surface area contributed by atoms with Crippen LogP contribution in [-0.4, -0.2) is 17.4 Å². The Bertz CT molecular complexity index is 701. The van der Waals surface area contributed by atoms with Gasteiger partial charge in [0.1, 0.15) is 0 Å². The maximum absolute atomic E-state index is 12.9. The number of ether oxygens (including phenoxy) is 2. The predicted molar refractivity (Wildman–Crippen MR) is 69.3 cm³/mol. The summed E-state index contributed by atoms with van der Waals surface area (Å²) in [5.74, 6) is -1.12. The van der Waals surface area contributed by atoms with Gasteiger partial charge in [-0.25, -0.2) is 4.79 Å². The summed E-state index contributed by atoms with van der Waals surface area (Å²) < 4.78 is 34.4. The number of carboxylic acid groups (broad SMARTS) is 1. The molecule has 0 saturated carbocycles. The van der Waals surface area contributed by atoms with Gasteiger partial charge in [-0.15, -0.1) is 8.78 Å². The molecule has 0 atom stereocenters. The fourth-order valence-corrected chi connectivity index (χ4v) is 1.89. The van der Waals surface area contributed by atoms with E-state index in [0.717, 1.165) is 0 Å². The van der Waals surface area contributed by atoms with Gasteiger partial charge in [-0.2, -0.15) is 0 Å². The van der Waals surface area contributed by atoms with Crippen molar-refractivity contribution in [2.45, 2.75) is 6.29 Å². The molecule has 0 aliphatic carbocycles. The molecule has 0 spiro atoms. The monoisotopic (exact) mass is 293 g/mol. The minimum Gasteiger partial charge on any atom is -0.478 e. The summed E-state index contributed by atoms with van der Waals surface area (Å²) >= 11 is 0. The lowest BCUT2D eigenvalue weighted by atomic mass is 10.2. The number of hydrogen-bond acceptors (Lipinski definition) is 4. The summed E-state index contributed by atoms with van der Waals surface area (Å²) in [6, 6.07) is 10.3. The first kappa shape index (κ1) is 13.2. The van der Waals surface area contributed by atoms with E-state index in [9.17, 15) is 13.6 Å². The van der Waals surface area contributed by atoms with E-state index in [4.69, 9.17) is 5.11 Å². The zero-order chi connectivity index (χ0) is 15.0. The lowest BCUT2D eigenvalue weighted by Gasteiger charge is -2.07. The summed E-state index contributed by atoms with van der Waals surface area (Å²) in [6.45, 7) is 0. The van der Waals surface area contributed by atoms with Gasteiger partial charge < -0.3 is 19.9 Å². The minimum atomic E-state index is -3.65. The van der Waals surface area contributed by atoms with Crippen LogP contribution in [0, 0.1) is 0 Å². The molecule has 0 radical (unpaired) electrons. The van der Waals surface area contributed by atoms with Crippen molar-refractivity contribution in [1.82, 2.24) is 0 Å². The number of halogens is 2. The van der Waals surface area contributed by atoms with Crippen LogP contribution in [0.15, 0.2) is 42.5 Å². The molecule has 3 rings (SSSR count). The first-order chi connectivity index (χ1) is 9.93. The predicted octanol–water partition coefficient (Wildman–Crippen LogP) is 3.45. The molecule has 0 bridgehead atoms. The number of alkyl halides is 2. The Hall–Kier alpha value is -2.83. The van der Waals surface area contributed by atoms with E-state index in [1.54, 1.807) is 18.2 Å². The Kier molecular flexibility index (Phi) is 2.90. The molecule has 108 valence electrons. The number of hydrogen-bond donors (Lipinski definition) is 2. The number of aromatic carboxylic acids is 1. The molecule has 7 heteroatoms. The molecule has 21 heavy (non-hydrogen) atoms. The molecule has 2 aromatic rings. The summed E-state index contributed by atoms with van der Waals surface area (Å²) in [5.41, 5.74) is 1.29. The van der Waals surface area contributed by atoms with Crippen molar-refractivity contribution in [2.24, 2.45) is 0 Å². The van der Waals surface area contributed by atoms with Crippen LogP contribution in [0.4, 0.5) is 20.2 Å². The van der Waals surface area contributed by atoms with Gasteiger partial charge in [0.25, 0.3) is 0 Å². The standard InChI is InChI=1S/C14H9F2NO4/c15-14(16)20-11-6-5-10(7-12(11)21-14)17-9-3-1-8(2-4-9)13(18)19/h1-7,17H,(H,18,19). The fraction of sp³-hybridized carbons (Fsp3) is 0.0714. The van der Waals surface area contributed by atoms with Crippen molar-refractivity contribution in [3.8, 4) is 11.5 Å². The molecule has 0 amide bonds. The highest BCUT2D eigenvalue weighted by molar-refractivity contribution is 5.88. The number of nitrogens with one attached hydrogen (secondary N) is 1. The van der Waals surface area contributed by atoms with Crippen LogP contribution in [0.3, 0.4) is 0 Å². The molecule has 2 N–H and O–H groups in total. The van der Waals surface area contributed by atoms with E-state index in [0.29, 0.717) is 11.4 Å². The summed E-state index contributed by atoms with van der Waals surface area (Å²) in [4.78, 5) is 10.7. The topological polar surface area (TPSA) is 67.8 Å². The number of carboxylic acids is 1. The third kappa shape index (κ3) is 2.71. The van der Waals surface area contributed by atoms with Crippen LogP contribution in [0.1, 0.15) is 10.4 Å². The quantitative estimate of drug-likeness (QED) is 0.907. The van der Waals surface area contributed by atoms with Gasteiger partial charge in [-0.05, 0) is 36.4 Å². The summed E-state index contributed by atoms with van der Waals surface area (Å²) in [5, 5.41) is 11.8. The number of fused-ring (bicyclic) bond motifs is 1. The third-order valence-corrected chi connectivity index (χ3v) is 2.82. The molecule has 0 saturated heterocycles. The van der Waals surface area contributed by atoms with Crippen molar-refractivity contribution in [1.29, 1.82) is 0 Å². The Morgan fingerprint density at radius 3 is 2.29 bits per heavy atom. The number of anilines is 2. The van der Waals surface area contributed by atoms with Gasteiger partial charge in [-0.3, -0.25) is 0 Å². The Morgan fingerprint density at radius 2 is 1.62 bits per heavy atom. The largest absolute Gasteiger partial charge is 0.586 e. The highest BCUT2D eigenvalue weighted by Crippen LogP contribution is 2.42. The van der Waals surface area contributed by atoms with Crippen molar-refractivity contribution < 1.29 is 28.2 Å². The Labute approximate surface area is 117 Å². The van der Waals surface area contributed by atoms with Crippen LogP contribution in [0.5, 0.6) is 11.5 Å². The lowest BCUT2D eigenvalue weighted by molar-refractivity contribution is -0.286.